The van der Waals surface area contributed by atoms with Crippen molar-refractivity contribution in [2.75, 3.05) is 18.0 Å². The molecule has 1 N–H and O–H groups in total. The Morgan fingerprint density at radius 2 is 2.12 bits per heavy atom. The van der Waals surface area contributed by atoms with E-state index in [1.165, 1.54) is 6.33 Å². The van der Waals surface area contributed by atoms with E-state index in [2.05, 4.69) is 15.1 Å². The van der Waals surface area contributed by atoms with Gasteiger partial charge in [-0.25, -0.2) is 14.4 Å². The molecule has 1 aromatic heterocycles. The van der Waals surface area contributed by atoms with Crippen LogP contribution < -0.4 is 4.90 Å². The number of piperidine rings is 1. The van der Waals surface area contributed by atoms with Gasteiger partial charge in [-0.3, -0.25) is 0 Å². The molecule has 0 spiro atoms. The summed E-state index contributed by atoms with van der Waals surface area (Å²) in [5.74, 6) is 0.0215. The van der Waals surface area contributed by atoms with Gasteiger partial charge in [-0.1, -0.05) is 12.1 Å². The number of anilines is 1. The third-order valence-electron chi connectivity index (χ3n) is 2.96. The zero-order valence-corrected chi connectivity index (χ0v) is 9.73. The summed E-state index contributed by atoms with van der Waals surface area (Å²) in [7, 11) is 0. The van der Waals surface area contributed by atoms with Crippen LogP contribution in [0, 0.1) is 5.82 Å². The molecule has 1 aromatic rings. The average Bonchev–Trinajstić information content (AvgIpc) is 2.39. The minimum absolute atomic E-state index is 0.334. The molecule has 1 aliphatic rings. The van der Waals surface area contributed by atoms with Crippen LogP contribution in [0.25, 0.3) is 0 Å². The maximum atomic E-state index is 14.0. The molecule has 0 amide bonds. The maximum absolute atomic E-state index is 14.0. The van der Waals surface area contributed by atoms with Crippen LogP contribution in [0.1, 0.15) is 25.5 Å². The van der Waals surface area contributed by atoms with E-state index < -0.39 is 0 Å². The monoisotopic (exact) mass is 238 g/mol. The number of aromatic nitrogens is 2. The predicted molar refractivity (Wildman–Crippen MR) is 62.0 cm³/mol. The molecule has 1 saturated heterocycles. The Kier molecular flexibility index (Phi) is 3.51. The second-order valence-electron chi connectivity index (χ2n) is 3.96. The van der Waals surface area contributed by atoms with Crippen LogP contribution in [0.15, 0.2) is 11.5 Å². The first-order valence-corrected chi connectivity index (χ1v) is 5.70. The number of nitrogens with zero attached hydrogens (tertiary/aromatic N) is 4. The molecule has 0 radical (unpaired) electrons. The number of aryl methyl sites for hydroxylation is 1. The highest BCUT2D eigenvalue weighted by atomic mass is 19.1. The first kappa shape index (κ1) is 11.8. The summed E-state index contributed by atoms with van der Waals surface area (Å²) in [6.07, 6.45) is 3.23. The summed E-state index contributed by atoms with van der Waals surface area (Å²) in [6.45, 7) is 3.11. The van der Waals surface area contributed by atoms with Gasteiger partial charge in [-0.2, -0.15) is 0 Å². The van der Waals surface area contributed by atoms with Crippen molar-refractivity contribution < 1.29 is 9.60 Å². The Morgan fingerprint density at radius 3 is 2.71 bits per heavy atom. The first-order chi connectivity index (χ1) is 8.26. The Labute approximate surface area is 99.0 Å². The van der Waals surface area contributed by atoms with Crippen LogP contribution >= 0.6 is 0 Å². The average molecular weight is 238 g/mol. The highest BCUT2D eigenvalue weighted by Crippen LogP contribution is 2.21. The second-order valence-corrected chi connectivity index (χ2v) is 3.96. The maximum Gasteiger partial charge on any atom is 0.187 e. The molecule has 0 bridgehead atoms. The van der Waals surface area contributed by atoms with Crippen LogP contribution in [0.5, 0.6) is 0 Å². The van der Waals surface area contributed by atoms with Crippen molar-refractivity contribution >= 4 is 11.5 Å². The minimum Gasteiger partial charge on any atom is -0.411 e. The summed E-state index contributed by atoms with van der Waals surface area (Å²) in [4.78, 5) is 9.77. The van der Waals surface area contributed by atoms with E-state index in [9.17, 15) is 4.39 Å². The summed E-state index contributed by atoms with van der Waals surface area (Å²) in [6, 6.07) is 0. The van der Waals surface area contributed by atoms with Crippen molar-refractivity contribution in [2.24, 2.45) is 5.16 Å². The van der Waals surface area contributed by atoms with E-state index >= 15 is 0 Å². The van der Waals surface area contributed by atoms with Crippen molar-refractivity contribution in [3.05, 3.63) is 17.8 Å². The van der Waals surface area contributed by atoms with Gasteiger partial charge >= 0.3 is 0 Å². The third-order valence-corrected chi connectivity index (χ3v) is 2.96. The standard InChI is InChI=1S/C11H15FN4O/c1-2-9-10(12)11(14-7-13-9)16-5-3-8(15-17)4-6-16/h7,17H,2-6H2,1H3. The highest BCUT2D eigenvalue weighted by Gasteiger charge is 2.21. The molecular formula is C11H15FN4O. The summed E-state index contributed by atoms with van der Waals surface area (Å²) in [5.41, 5.74) is 1.20. The number of rotatable bonds is 2. The fourth-order valence-electron chi connectivity index (χ4n) is 1.94. The first-order valence-electron chi connectivity index (χ1n) is 5.70. The van der Waals surface area contributed by atoms with E-state index in [1.54, 1.807) is 0 Å². The molecule has 1 aliphatic heterocycles. The molecule has 0 saturated carbocycles. The van der Waals surface area contributed by atoms with Gasteiger partial charge in [0.05, 0.1) is 11.4 Å². The molecule has 0 unspecified atom stereocenters. The molecule has 0 atom stereocenters. The van der Waals surface area contributed by atoms with Gasteiger partial charge in [0.25, 0.3) is 0 Å². The lowest BCUT2D eigenvalue weighted by atomic mass is 10.1. The van der Waals surface area contributed by atoms with E-state index in [0.717, 1.165) is 5.71 Å². The molecule has 0 aliphatic carbocycles. The number of halogens is 1. The second kappa shape index (κ2) is 5.07. The number of hydrogen-bond acceptors (Lipinski definition) is 5. The van der Waals surface area contributed by atoms with Crippen molar-refractivity contribution in [3.8, 4) is 0 Å². The molecule has 0 aromatic carbocycles. The molecule has 2 rings (SSSR count). The molecular weight excluding hydrogens is 223 g/mol. The Morgan fingerprint density at radius 1 is 1.41 bits per heavy atom. The molecule has 6 heteroatoms. The largest absolute Gasteiger partial charge is 0.411 e. The summed E-state index contributed by atoms with van der Waals surface area (Å²) < 4.78 is 14.0. The third kappa shape index (κ3) is 2.35. The Balaban J connectivity index is 2.18. The van der Waals surface area contributed by atoms with E-state index in [1.807, 2.05) is 11.8 Å². The zero-order chi connectivity index (χ0) is 12.3. The molecule has 5 nitrogen and oxygen atoms in total. The molecule has 92 valence electrons. The fraction of sp³-hybridized carbons (Fsp3) is 0.545. The lowest BCUT2D eigenvalue weighted by Gasteiger charge is -2.28. The fourth-order valence-corrected chi connectivity index (χ4v) is 1.94. The van der Waals surface area contributed by atoms with Crippen LogP contribution in [0.2, 0.25) is 0 Å². The van der Waals surface area contributed by atoms with Gasteiger partial charge in [-0.15, -0.1) is 0 Å². The number of oxime groups is 1. The Bertz CT molecular complexity index is 425. The van der Waals surface area contributed by atoms with Gasteiger partial charge < -0.3 is 10.1 Å². The van der Waals surface area contributed by atoms with Crippen LogP contribution in [0.4, 0.5) is 10.2 Å². The quantitative estimate of drug-likeness (QED) is 0.628. The molecule has 17 heavy (non-hydrogen) atoms. The van der Waals surface area contributed by atoms with Crippen LogP contribution in [-0.2, 0) is 6.42 Å². The van der Waals surface area contributed by atoms with Gasteiger partial charge in [0.2, 0.25) is 0 Å². The van der Waals surface area contributed by atoms with E-state index in [-0.39, 0.29) is 5.82 Å². The highest BCUT2D eigenvalue weighted by molar-refractivity contribution is 5.86. The van der Waals surface area contributed by atoms with Crippen LogP contribution in [0.3, 0.4) is 0 Å². The van der Waals surface area contributed by atoms with Gasteiger partial charge in [0, 0.05) is 25.9 Å². The van der Waals surface area contributed by atoms with Crippen molar-refractivity contribution in [1.82, 2.24) is 9.97 Å². The topological polar surface area (TPSA) is 61.6 Å². The smallest absolute Gasteiger partial charge is 0.187 e. The zero-order valence-electron chi connectivity index (χ0n) is 9.73. The Hall–Kier alpha value is -1.72. The van der Waals surface area contributed by atoms with E-state index in [0.29, 0.717) is 43.9 Å². The lowest BCUT2D eigenvalue weighted by Crippen LogP contribution is -2.35. The molecule has 2 heterocycles. The molecule has 1 fully saturated rings. The van der Waals surface area contributed by atoms with Gasteiger partial charge in [0.15, 0.2) is 11.6 Å². The predicted octanol–water partition coefficient (Wildman–Crippen LogP) is 1.61. The number of hydrogen-bond donors (Lipinski definition) is 1. The normalized spacial score (nSPS) is 16.1. The SMILES string of the molecule is CCc1ncnc(N2CCC(=NO)CC2)c1F. The van der Waals surface area contributed by atoms with E-state index in [4.69, 9.17) is 5.21 Å². The summed E-state index contributed by atoms with van der Waals surface area (Å²) in [5, 5.41) is 11.8. The van der Waals surface area contributed by atoms with Crippen molar-refractivity contribution in [2.45, 2.75) is 26.2 Å². The van der Waals surface area contributed by atoms with Gasteiger partial charge in [-0.05, 0) is 6.42 Å². The summed E-state index contributed by atoms with van der Waals surface area (Å²) >= 11 is 0. The van der Waals surface area contributed by atoms with Crippen LogP contribution in [-0.4, -0.2) is 34.0 Å². The lowest BCUT2D eigenvalue weighted by molar-refractivity contribution is 0.315. The minimum atomic E-state index is -0.334. The van der Waals surface area contributed by atoms with Crippen molar-refractivity contribution in [3.63, 3.8) is 0 Å². The van der Waals surface area contributed by atoms with Gasteiger partial charge in [0.1, 0.15) is 6.33 Å². The van der Waals surface area contributed by atoms with Crippen molar-refractivity contribution in [1.29, 1.82) is 0 Å².